The topological polar surface area (TPSA) is 84.0 Å². The SMILES string of the molecule is CN(C)C(=O)COC(=O)c1ccc2c(c1)C(=O)N(CCc1ccccc1)C2=O. The number of esters is 1. The van der Waals surface area contributed by atoms with Gasteiger partial charge in [0.15, 0.2) is 6.61 Å². The van der Waals surface area contributed by atoms with Gasteiger partial charge in [0.1, 0.15) is 0 Å². The minimum Gasteiger partial charge on any atom is -0.452 e. The number of carbonyl (C=O) groups excluding carboxylic acids is 4. The third kappa shape index (κ3) is 3.93. The van der Waals surface area contributed by atoms with Crippen LogP contribution >= 0.6 is 0 Å². The molecule has 1 aliphatic heterocycles. The summed E-state index contributed by atoms with van der Waals surface area (Å²) < 4.78 is 4.97. The number of hydrogen-bond donors (Lipinski definition) is 0. The number of imide groups is 1. The molecule has 1 aliphatic rings. The van der Waals surface area contributed by atoms with Gasteiger partial charge in [-0.3, -0.25) is 19.3 Å². The first kappa shape index (κ1) is 19.3. The maximum atomic E-state index is 12.7. The number of nitrogens with zero attached hydrogens (tertiary/aromatic N) is 2. The highest BCUT2D eigenvalue weighted by Crippen LogP contribution is 2.24. The number of ether oxygens (including phenoxy) is 1. The van der Waals surface area contributed by atoms with Crippen LogP contribution in [0.3, 0.4) is 0 Å². The van der Waals surface area contributed by atoms with E-state index in [0.717, 1.165) is 5.56 Å². The number of carbonyl (C=O) groups is 4. The van der Waals surface area contributed by atoms with E-state index >= 15 is 0 Å². The number of rotatable bonds is 6. The summed E-state index contributed by atoms with van der Waals surface area (Å²) in [5.74, 6) is -1.89. The highest BCUT2D eigenvalue weighted by Gasteiger charge is 2.35. The van der Waals surface area contributed by atoms with Gasteiger partial charge in [-0.1, -0.05) is 30.3 Å². The molecule has 0 aromatic heterocycles. The second-order valence-electron chi connectivity index (χ2n) is 6.62. The first-order chi connectivity index (χ1) is 13.4. The zero-order chi connectivity index (χ0) is 20.3. The van der Waals surface area contributed by atoms with Crippen LogP contribution in [0.4, 0.5) is 0 Å². The van der Waals surface area contributed by atoms with E-state index in [4.69, 9.17) is 4.74 Å². The number of fused-ring (bicyclic) bond motifs is 1. The fourth-order valence-electron chi connectivity index (χ4n) is 2.85. The molecule has 0 atom stereocenters. The van der Waals surface area contributed by atoms with Gasteiger partial charge in [-0.05, 0) is 30.2 Å². The Morgan fingerprint density at radius 3 is 2.32 bits per heavy atom. The standard InChI is InChI=1S/C21H20N2O5/c1-22(2)18(24)13-28-21(27)15-8-9-16-17(12-15)20(26)23(19(16)25)11-10-14-6-4-3-5-7-14/h3-9,12H,10-11,13H2,1-2H3. The van der Waals surface area contributed by atoms with Gasteiger partial charge >= 0.3 is 5.97 Å². The first-order valence-electron chi connectivity index (χ1n) is 8.80. The van der Waals surface area contributed by atoms with Crippen LogP contribution < -0.4 is 0 Å². The molecule has 0 N–H and O–H groups in total. The number of likely N-dealkylation sites (N-methyl/N-ethyl adjacent to an activating group) is 1. The molecule has 0 spiro atoms. The fraction of sp³-hybridized carbons (Fsp3) is 0.238. The van der Waals surface area contributed by atoms with Crippen molar-refractivity contribution in [2.24, 2.45) is 0 Å². The Hall–Kier alpha value is -3.48. The summed E-state index contributed by atoms with van der Waals surface area (Å²) in [6, 6.07) is 13.8. The second kappa shape index (κ2) is 8.04. The van der Waals surface area contributed by atoms with Crippen molar-refractivity contribution in [3.8, 4) is 0 Å². The van der Waals surface area contributed by atoms with Crippen LogP contribution in [0, 0.1) is 0 Å². The summed E-state index contributed by atoms with van der Waals surface area (Å²) in [6.07, 6.45) is 0.549. The average Bonchev–Trinajstić information content (AvgIpc) is 2.94. The lowest BCUT2D eigenvalue weighted by Crippen LogP contribution is -2.31. The molecule has 0 saturated heterocycles. The zero-order valence-corrected chi connectivity index (χ0v) is 15.7. The van der Waals surface area contributed by atoms with Crippen molar-refractivity contribution < 1.29 is 23.9 Å². The zero-order valence-electron chi connectivity index (χ0n) is 15.7. The van der Waals surface area contributed by atoms with Gasteiger partial charge in [0.25, 0.3) is 17.7 Å². The van der Waals surface area contributed by atoms with E-state index < -0.39 is 11.9 Å². The minimum atomic E-state index is -0.721. The van der Waals surface area contributed by atoms with E-state index in [1.54, 1.807) is 14.1 Å². The predicted molar refractivity (Wildman–Crippen MR) is 101 cm³/mol. The quantitative estimate of drug-likeness (QED) is 0.563. The molecule has 0 bridgehead atoms. The molecule has 0 unspecified atom stereocenters. The van der Waals surface area contributed by atoms with E-state index in [1.165, 1.54) is 28.0 Å². The fourth-order valence-corrected chi connectivity index (χ4v) is 2.85. The van der Waals surface area contributed by atoms with Crippen LogP contribution in [-0.4, -0.2) is 60.7 Å². The van der Waals surface area contributed by atoms with Crippen LogP contribution in [0.1, 0.15) is 36.6 Å². The van der Waals surface area contributed by atoms with Gasteiger partial charge < -0.3 is 9.64 Å². The van der Waals surface area contributed by atoms with E-state index in [0.29, 0.717) is 6.42 Å². The number of amides is 3. The molecule has 2 aromatic rings. The van der Waals surface area contributed by atoms with Crippen LogP contribution in [0.15, 0.2) is 48.5 Å². The van der Waals surface area contributed by atoms with Gasteiger partial charge in [-0.2, -0.15) is 0 Å². The summed E-state index contributed by atoms with van der Waals surface area (Å²) in [4.78, 5) is 51.4. The molecular formula is C21H20N2O5. The summed E-state index contributed by atoms with van der Waals surface area (Å²) in [6.45, 7) is -0.132. The summed E-state index contributed by atoms with van der Waals surface area (Å²) in [7, 11) is 3.11. The van der Waals surface area contributed by atoms with Gasteiger partial charge in [-0.15, -0.1) is 0 Å². The van der Waals surface area contributed by atoms with Crippen LogP contribution in [0.25, 0.3) is 0 Å². The molecule has 3 rings (SSSR count). The predicted octanol–water partition coefficient (Wildman–Crippen LogP) is 1.77. The smallest absolute Gasteiger partial charge is 0.338 e. The third-order valence-electron chi connectivity index (χ3n) is 4.50. The highest BCUT2D eigenvalue weighted by molar-refractivity contribution is 6.22. The Morgan fingerprint density at radius 1 is 0.964 bits per heavy atom. The average molecular weight is 380 g/mol. The molecule has 0 saturated carbocycles. The Morgan fingerprint density at radius 2 is 1.64 bits per heavy atom. The summed E-state index contributed by atoms with van der Waals surface area (Å²) in [5.41, 5.74) is 1.58. The third-order valence-corrected chi connectivity index (χ3v) is 4.50. The molecule has 1 heterocycles. The Labute approximate surface area is 162 Å². The van der Waals surface area contributed by atoms with Crippen molar-refractivity contribution in [1.82, 2.24) is 9.80 Å². The largest absolute Gasteiger partial charge is 0.452 e. The van der Waals surface area contributed by atoms with E-state index in [9.17, 15) is 19.2 Å². The Balaban J connectivity index is 1.70. The molecule has 28 heavy (non-hydrogen) atoms. The van der Waals surface area contributed by atoms with Crippen molar-refractivity contribution in [2.75, 3.05) is 27.2 Å². The van der Waals surface area contributed by atoms with Crippen molar-refractivity contribution >= 4 is 23.7 Å². The van der Waals surface area contributed by atoms with Crippen molar-refractivity contribution in [2.45, 2.75) is 6.42 Å². The van der Waals surface area contributed by atoms with Crippen LogP contribution in [0.2, 0.25) is 0 Å². The Bertz CT molecular complexity index is 937. The van der Waals surface area contributed by atoms with Gasteiger partial charge in [0.05, 0.1) is 16.7 Å². The van der Waals surface area contributed by atoms with Crippen LogP contribution in [-0.2, 0) is 16.0 Å². The Kier molecular flexibility index (Phi) is 5.54. The van der Waals surface area contributed by atoms with Crippen LogP contribution in [0.5, 0.6) is 0 Å². The molecule has 7 nitrogen and oxygen atoms in total. The number of hydrogen-bond acceptors (Lipinski definition) is 5. The maximum Gasteiger partial charge on any atom is 0.338 e. The molecule has 0 fully saturated rings. The van der Waals surface area contributed by atoms with Gasteiger partial charge in [0, 0.05) is 20.6 Å². The highest BCUT2D eigenvalue weighted by atomic mass is 16.5. The van der Waals surface area contributed by atoms with Crippen molar-refractivity contribution in [1.29, 1.82) is 0 Å². The molecule has 144 valence electrons. The molecule has 0 radical (unpaired) electrons. The van der Waals surface area contributed by atoms with Crippen molar-refractivity contribution in [3.63, 3.8) is 0 Å². The van der Waals surface area contributed by atoms with E-state index in [-0.39, 0.29) is 41.7 Å². The molecular weight excluding hydrogens is 360 g/mol. The van der Waals surface area contributed by atoms with Crippen molar-refractivity contribution in [3.05, 3.63) is 70.8 Å². The second-order valence-corrected chi connectivity index (χ2v) is 6.62. The molecule has 2 aromatic carbocycles. The number of benzene rings is 2. The summed E-state index contributed by atoms with van der Waals surface area (Å²) >= 11 is 0. The van der Waals surface area contributed by atoms with E-state index in [2.05, 4.69) is 0 Å². The summed E-state index contributed by atoms with van der Waals surface area (Å²) in [5, 5.41) is 0. The first-order valence-corrected chi connectivity index (χ1v) is 8.80. The monoisotopic (exact) mass is 380 g/mol. The van der Waals surface area contributed by atoms with Gasteiger partial charge in [0.2, 0.25) is 0 Å². The maximum absolute atomic E-state index is 12.7. The lowest BCUT2D eigenvalue weighted by Gasteiger charge is -2.13. The van der Waals surface area contributed by atoms with E-state index in [1.807, 2.05) is 30.3 Å². The normalized spacial score (nSPS) is 12.7. The lowest BCUT2D eigenvalue weighted by atomic mass is 10.1. The molecule has 0 aliphatic carbocycles. The lowest BCUT2D eigenvalue weighted by molar-refractivity contribution is -0.131. The van der Waals surface area contributed by atoms with Gasteiger partial charge in [-0.25, -0.2) is 4.79 Å². The molecule has 3 amide bonds. The molecule has 7 heteroatoms. The minimum absolute atomic E-state index is 0.122.